The van der Waals surface area contributed by atoms with Gasteiger partial charge in [0, 0.05) is 12.8 Å². The third-order valence-corrected chi connectivity index (χ3v) is 4.46. The number of carbonyl (C=O) groups excluding carboxylic acids is 3. The van der Waals surface area contributed by atoms with E-state index in [0.29, 0.717) is 12.8 Å². The van der Waals surface area contributed by atoms with Crippen LogP contribution in [-0.4, -0.2) is 23.4 Å². The van der Waals surface area contributed by atoms with Gasteiger partial charge in [0.15, 0.2) is 0 Å². The molecule has 0 aliphatic carbocycles. The average molecular weight is 357 g/mol. The van der Waals surface area contributed by atoms with Crippen molar-refractivity contribution in [2.75, 3.05) is 0 Å². The molecule has 0 aliphatic rings. The summed E-state index contributed by atoms with van der Waals surface area (Å²) in [6.07, 6.45) is 4.78. The van der Waals surface area contributed by atoms with Crippen LogP contribution in [0.2, 0.25) is 0 Å². The first-order valence-corrected chi connectivity index (χ1v) is 9.27. The zero-order valence-corrected chi connectivity index (χ0v) is 16.5. The second kappa shape index (κ2) is 10.4. The van der Waals surface area contributed by atoms with Crippen molar-refractivity contribution in [2.45, 2.75) is 91.6 Å². The fourth-order valence-corrected chi connectivity index (χ4v) is 3.69. The van der Waals surface area contributed by atoms with Gasteiger partial charge in [-0.15, -0.1) is 0 Å². The summed E-state index contributed by atoms with van der Waals surface area (Å²) in [6, 6.07) is 0. The Balaban J connectivity index is 5.21. The molecular weight excluding hydrogens is 320 g/mol. The lowest BCUT2D eigenvalue weighted by Crippen LogP contribution is -2.42. The highest BCUT2D eigenvalue weighted by Gasteiger charge is 2.41. The van der Waals surface area contributed by atoms with Crippen LogP contribution in [0.1, 0.15) is 86.0 Å². The van der Waals surface area contributed by atoms with Gasteiger partial charge in [0.1, 0.15) is 5.60 Å². The van der Waals surface area contributed by atoms with Gasteiger partial charge in [-0.3, -0.25) is 14.4 Å². The smallest absolute Gasteiger partial charge is 0.306 e. The largest absolute Gasteiger partial charge is 0.460 e. The van der Waals surface area contributed by atoms with Crippen LogP contribution >= 0.6 is 0 Å². The molecule has 0 aromatic rings. The number of hydrogen-bond donors (Lipinski definition) is 2. The van der Waals surface area contributed by atoms with E-state index in [9.17, 15) is 14.4 Å². The fraction of sp³-hybridized carbons (Fsp3) is 0.842. The van der Waals surface area contributed by atoms with Crippen molar-refractivity contribution in [3.8, 4) is 0 Å². The van der Waals surface area contributed by atoms with Crippen molar-refractivity contribution in [1.82, 2.24) is 0 Å². The number of esters is 1. The summed E-state index contributed by atoms with van der Waals surface area (Å²) in [5, 5.41) is 0. The second-order valence-electron chi connectivity index (χ2n) is 7.93. The van der Waals surface area contributed by atoms with Gasteiger partial charge in [0.25, 0.3) is 0 Å². The van der Waals surface area contributed by atoms with E-state index in [2.05, 4.69) is 0 Å². The number of nitrogens with two attached hydrogens (primary N) is 2. The summed E-state index contributed by atoms with van der Waals surface area (Å²) >= 11 is 0. The van der Waals surface area contributed by atoms with Crippen LogP contribution in [0.5, 0.6) is 0 Å². The van der Waals surface area contributed by atoms with Crippen LogP contribution in [0.3, 0.4) is 0 Å². The molecule has 0 saturated carbocycles. The predicted octanol–water partition coefficient (Wildman–Crippen LogP) is 3.06. The lowest BCUT2D eigenvalue weighted by Gasteiger charge is -2.39. The van der Waals surface area contributed by atoms with Gasteiger partial charge in [-0.1, -0.05) is 26.7 Å². The van der Waals surface area contributed by atoms with Crippen molar-refractivity contribution < 1.29 is 19.1 Å². The minimum atomic E-state index is -0.594. The third-order valence-electron chi connectivity index (χ3n) is 4.46. The second-order valence-corrected chi connectivity index (χ2v) is 7.93. The predicted molar refractivity (Wildman–Crippen MR) is 98.4 cm³/mol. The van der Waals surface area contributed by atoms with Gasteiger partial charge in [0.05, 0.1) is 5.92 Å². The normalized spacial score (nSPS) is 13.3. The first-order chi connectivity index (χ1) is 11.5. The Morgan fingerprint density at radius 3 is 1.84 bits per heavy atom. The molecule has 0 saturated heterocycles. The van der Waals surface area contributed by atoms with E-state index >= 15 is 0 Å². The number of carbonyl (C=O) groups is 3. The maximum Gasteiger partial charge on any atom is 0.306 e. The Labute approximate surface area is 152 Å². The van der Waals surface area contributed by atoms with Gasteiger partial charge < -0.3 is 16.2 Å². The van der Waals surface area contributed by atoms with Gasteiger partial charge in [0.2, 0.25) is 11.8 Å². The molecule has 6 heteroatoms. The van der Waals surface area contributed by atoms with Crippen LogP contribution in [0.15, 0.2) is 0 Å². The summed E-state index contributed by atoms with van der Waals surface area (Å²) in [7, 11) is 0. The maximum atomic E-state index is 12.0. The molecule has 0 aromatic heterocycles. The first kappa shape index (κ1) is 23.4. The van der Waals surface area contributed by atoms with Crippen molar-refractivity contribution in [3.63, 3.8) is 0 Å². The highest BCUT2D eigenvalue weighted by Crippen LogP contribution is 2.44. The summed E-state index contributed by atoms with van der Waals surface area (Å²) in [5.74, 6) is -1.85. The van der Waals surface area contributed by atoms with Crippen LogP contribution in [0.25, 0.3) is 0 Å². The van der Waals surface area contributed by atoms with E-state index in [4.69, 9.17) is 16.2 Å². The van der Waals surface area contributed by atoms with Gasteiger partial charge in [-0.2, -0.15) is 0 Å². The molecule has 4 N–H and O–H groups in total. The first-order valence-electron chi connectivity index (χ1n) is 9.27. The van der Waals surface area contributed by atoms with E-state index in [0.717, 1.165) is 25.7 Å². The molecule has 1 atom stereocenters. The van der Waals surface area contributed by atoms with E-state index in [-0.39, 0.29) is 18.8 Å². The molecule has 0 fully saturated rings. The molecule has 6 nitrogen and oxygen atoms in total. The molecule has 146 valence electrons. The van der Waals surface area contributed by atoms with Crippen LogP contribution in [0, 0.1) is 11.3 Å². The topological polar surface area (TPSA) is 112 Å². The van der Waals surface area contributed by atoms with Crippen LogP contribution < -0.4 is 11.5 Å². The molecule has 0 rings (SSSR count). The minimum absolute atomic E-state index is 0.0399. The monoisotopic (exact) mass is 356 g/mol. The van der Waals surface area contributed by atoms with Crippen molar-refractivity contribution in [2.24, 2.45) is 22.8 Å². The molecule has 0 spiro atoms. The molecule has 0 aromatic carbocycles. The number of hydrogen-bond acceptors (Lipinski definition) is 4. The summed E-state index contributed by atoms with van der Waals surface area (Å²) in [4.78, 5) is 35.4. The maximum absolute atomic E-state index is 12.0. The quantitative estimate of drug-likeness (QED) is 0.523. The number of rotatable bonds is 12. The molecule has 1 unspecified atom stereocenters. The Hall–Kier alpha value is -1.59. The summed E-state index contributed by atoms with van der Waals surface area (Å²) in [5.41, 5.74) is 10.0. The Morgan fingerprint density at radius 2 is 1.48 bits per heavy atom. The summed E-state index contributed by atoms with van der Waals surface area (Å²) in [6.45, 7) is 9.58. The molecule has 0 radical (unpaired) electrons. The molecule has 0 aliphatic heterocycles. The average Bonchev–Trinajstić information content (AvgIpc) is 2.42. The Morgan fingerprint density at radius 1 is 0.960 bits per heavy atom. The lowest BCUT2D eigenvalue weighted by molar-refractivity contribution is -0.155. The SMILES string of the molecule is CCCC(CCC)(CCCC(=O)OC(C)(C)C)C(CC(N)=O)C(N)=O. The zero-order valence-electron chi connectivity index (χ0n) is 16.5. The molecule has 25 heavy (non-hydrogen) atoms. The Bertz CT molecular complexity index is 449. The van der Waals surface area contributed by atoms with Crippen molar-refractivity contribution in [1.29, 1.82) is 0 Å². The molecule has 0 bridgehead atoms. The Kier molecular flexibility index (Phi) is 9.75. The van der Waals surface area contributed by atoms with Crippen molar-refractivity contribution >= 4 is 17.8 Å². The van der Waals surface area contributed by atoms with Crippen LogP contribution in [-0.2, 0) is 19.1 Å². The van der Waals surface area contributed by atoms with Gasteiger partial charge in [-0.05, 0) is 51.9 Å². The van der Waals surface area contributed by atoms with Crippen LogP contribution in [0.4, 0.5) is 0 Å². The fourth-order valence-electron chi connectivity index (χ4n) is 3.69. The number of amides is 2. The highest BCUT2D eigenvalue weighted by atomic mass is 16.6. The van der Waals surface area contributed by atoms with Crippen molar-refractivity contribution in [3.05, 3.63) is 0 Å². The lowest BCUT2D eigenvalue weighted by atomic mass is 9.64. The highest BCUT2D eigenvalue weighted by molar-refractivity contribution is 5.84. The standard InChI is InChI=1S/C19H36N2O4/c1-6-10-19(11-7-2,14(17(21)24)13-15(20)22)12-8-9-16(23)25-18(3,4)5/h14H,6-13H2,1-5H3,(H2,20,22)(H2,21,24). The van der Waals surface area contributed by atoms with E-state index in [1.165, 1.54) is 0 Å². The van der Waals surface area contributed by atoms with E-state index < -0.39 is 28.7 Å². The van der Waals surface area contributed by atoms with Gasteiger partial charge in [-0.25, -0.2) is 0 Å². The van der Waals surface area contributed by atoms with E-state index in [1.54, 1.807) is 0 Å². The van der Waals surface area contributed by atoms with E-state index in [1.807, 2.05) is 34.6 Å². The molecule has 2 amide bonds. The molecule has 0 heterocycles. The number of ether oxygens (including phenoxy) is 1. The minimum Gasteiger partial charge on any atom is -0.460 e. The zero-order chi connectivity index (χ0) is 19.7. The third kappa shape index (κ3) is 8.89. The number of primary amides is 2. The van der Waals surface area contributed by atoms with Gasteiger partial charge >= 0.3 is 5.97 Å². The summed E-state index contributed by atoms with van der Waals surface area (Å²) < 4.78 is 5.34. The molecular formula is C19H36N2O4.